The zero-order chi connectivity index (χ0) is 8.97. The third-order valence-corrected chi connectivity index (χ3v) is 1.90. The Morgan fingerprint density at radius 1 is 1.42 bits per heavy atom. The lowest BCUT2D eigenvalue weighted by molar-refractivity contribution is 0.474. The molecule has 0 radical (unpaired) electrons. The van der Waals surface area contributed by atoms with E-state index in [2.05, 4.69) is 6.08 Å². The molecule has 0 aliphatic rings. The molecule has 0 atom stereocenters. The summed E-state index contributed by atoms with van der Waals surface area (Å²) in [5.41, 5.74) is 2.42. The summed E-state index contributed by atoms with van der Waals surface area (Å²) in [6, 6.07) is 5.48. The van der Waals surface area contributed by atoms with E-state index in [1.165, 1.54) is 5.56 Å². The van der Waals surface area contributed by atoms with Crippen LogP contribution in [0.4, 0.5) is 0 Å². The first-order valence-corrected chi connectivity index (χ1v) is 4.13. The summed E-state index contributed by atoms with van der Waals surface area (Å²) in [5.74, 6) is 0.344. The Bertz CT molecular complexity index is 287. The minimum absolute atomic E-state index is 0.344. The second-order valence-electron chi connectivity index (χ2n) is 2.88. The standard InChI is InChI=1S/C11H14O/c1-3-4-5-10-6-7-11(12)8-9(10)2/h3-4,6-8,12H,5H2,1-2H3. The van der Waals surface area contributed by atoms with E-state index in [1.54, 1.807) is 12.1 Å². The minimum Gasteiger partial charge on any atom is -0.508 e. The molecule has 0 aliphatic carbocycles. The summed E-state index contributed by atoms with van der Waals surface area (Å²) in [7, 11) is 0. The van der Waals surface area contributed by atoms with Crippen molar-refractivity contribution < 1.29 is 5.11 Å². The molecule has 1 nitrogen and oxygen atoms in total. The van der Waals surface area contributed by atoms with Gasteiger partial charge < -0.3 is 5.11 Å². The number of phenolic OH excluding ortho intramolecular Hbond substituents is 1. The summed E-state index contributed by atoms with van der Waals surface area (Å²) < 4.78 is 0. The number of hydrogen-bond acceptors (Lipinski definition) is 1. The first-order chi connectivity index (χ1) is 5.74. The summed E-state index contributed by atoms with van der Waals surface area (Å²) in [5, 5.41) is 9.14. The lowest BCUT2D eigenvalue weighted by Crippen LogP contribution is -1.85. The van der Waals surface area contributed by atoms with Crippen molar-refractivity contribution in [3.05, 3.63) is 41.5 Å². The number of hydrogen-bond donors (Lipinski definition) is 1. The lowest BCUT2D eigenvalue weighted by Gasteiger charge is -2.02. The smallest absolute Gasteiger partial charge is 0.115 e. The number of phenols is 1. The zero-order valence-corrected chi connectivity index (χ0v) is 7.54. The predicted molar refractivity (Wildman–Crippen MR) is 51.4 cm³/mol. The third-order valence-electron chi connectivity index (χ3n) is 1.90. The van der Waals surface area contributed by atoms with E-state index >= 15 is 0 Å². The summed E-state index contributed by atoms with van der Waals surface area (Å²) in [4.78, 5) is 0. The van der Waals surface area contributed by atoms with Gasteiger partial charge in [0.1, 0.15) is 5.75 Å². The van der Waals surface area contributed by atoms with Gasteiger partial charge in [0.15, 0.2) is 0 Å². The maximum atomic E-state index is 9.14. The van der Waals surface area contributed by atoms with Gasteiger partial charge in [-0.15, -0.1) is 0 Å². The van der Waals surface area contributed by atoms with Crippen molar-refractivity contribution in [1.82, 2.24) is 0 Å². The van der Waals surface area contributed by atoms with Gasteiger partial charge in [-0.05, 0) is 43.5 Å². The van der Waals surface area contributed by atoms with Gasteiger partial charge in [0.2, 0.25) is 0 Å². The van der Waals surface area contributed by atoms with E-state index < -0.39 is 0 Å². The molecule has 1 aromatic carbocycles. The topological polar surface area (TPSA) is 20.2 Å². The normalized spacial score (nSPS) is 10.8. The van der Waals surface area contributed by atoms with Crippen LogP contribution in [0.15, 0.2) is 30.4 Å². The fraction of sp³-hybridized carbons (Fsp3) is 0.273. The monoisotopic (exact) mass is 162 g/mol. The molecule has 1 N–H and O–H groups in total. The molecule has 0 aliphatic heterocycles. The Hall–Kier alpha value is -1.24. The lowest BCUT2D eigenvalue weighted by atomic mass is 10.1. The molecule has 1 heteroatoms. The molecule has 0 unspecified atom stereocenters. The van der Waals surface area contributed by atoms with Crippen molar-refractivity contribution in [2.75, 3.05) is 0 Å². The zero-order valence-electron chi connectivity index (χ0n) is 7.54. The van der Waals surface area contributed by atoms with Crippen molar-refractivity contribution in [3.8, 4) is 5.75 Å². The fourth-order valence-corrected chi connectivity index (χ4v) is 1.15. The van der Waals surface area contributed by atoms with Crippen LogP contribution in [0.5, 0.6) is 5.75 Å². The molecule has 12 heavy (non-hydrogen) atoms. The first kappa shape index (κ1) is 8.85. The highest BCUT2D eigenvalue weighted by atomic mass is 16.3. The van der Waals surface area contributed by atoms with E-state index in [-0.39, 0.29) is 0 Å². The van der Waals surface area contributed by atoms with Crippen LogP contribution in [0.25, 0.3) is 0 Å². The van der Waals surface area contributed by atoms with Crippen LogP contribution in [0, 0.1) is 6.92 Å². The van der Waals surface area contributed by atoms with Crippen molar-refractivity contribution in [3.63, 3.8) is 0 Å². The first-order valence-electron chi connectivity index (χ1n) is 4.13. The number of allylic oxidation sites excluding steroid dienone is 2. The van der Waals surface area contributed by atoms with Crippen molar-refractivity contribution in [2.45, 2.75) is 20.3 Å². The third kappa shape index (κ3) is 2.12. The molecule has 1 aromatic rings. The van der Waals surface area contributed by atoms with E-state index in [4.69, 9.17) is 5.11 Å². The Balaban J connectivity index is 2.86. The second-order valence-corrected chi connectivity index (χ2v) is 2.88. The Morgan fingerprint density at radius 2 is 2.17 bits per heavy atom. The highest BCUT2D eigenvalue weighted by molar-refractivity contribution is 5.34. The molecule has 0 spiro atoms. The van der Waals surface area contributed by atoms with Gasteiger partial charge in [0, 0.05) is 0 Å². The molecular formula is C11H14O. The van der Waals surface area contributed by atoms with Gasteiger partial charge in [-0.2, -0.15) is 0 Å². The molecule has 0 bridgehead atoms. The number of benzene rings is 1. The highest BCUT2D eigenvalue weighted by Crippen LogP contribution is 2.16. The maximum absolute atomic E-state index is 9.14. The van der Waals surface area contributed by atoms with Gasteiger partial charge in [-0.25, -0.2) is 0 Å². The SMILES string of the molecule is CC=CCc1ccc(O)cc1C. The molecule has 0 saturated carbocycles. The molecule has 0 saturated heterocycles. The Kier molecular flexibility index (Phi) is 2.92. The average molecular weight is 162 g/mol. The van der Waals surface area contributed by atoms with Crippen LogP contribution in [-0.4, -0.2) is 5.11 Å². The quantitative estimate of drug-likeness (QED) is 0.663. The van der Waals surface area contributed by atoms with Gasteiger partial charge in [0.25, 0.3) is 0 Å². The molecule has 0 heterocycles. The van der Waals surface area contributed by atoms with Gasteiger partial charge in [-0.1, -0.05) is 18.2 Å². The predicted octanol–water partition coefficient (Wildman–Crippen LogP) is 2.82. The van der Waals surface area contributed by atoms with E-state index in [1.807, 2.05) is 26.0 Å². The minimum atomic E-state index is 0.344. The number of aryl methyl sites for hydroxylation is 1. The molecule has 0 fully saturated rings. The van der Waals surface area contributed by atoms with Crippen LogP contribution >= 0.6 is 0 Å². The van der Waals surface area contributed by atoms with Crippen LogP contribution in [0.2, 0.25) is 0 Å². The van der Waals surface area contributed by atoms with E-state index in [0.717, 1.165) is 12.0 Å². The Labute approximate surface area is 73.4 Å². The van der Waals surface area contributed by atoms with Crippen molar-refractivity contribution >= 4 is 0 Å². The van der Waals surface area contributed by atoms with Crippen LogP contribution in [-0.2, 0) is 6.42 Å². The molecular weight excluding hydrogens is 148 g/mol. The van der Waals surface area contributed by atoms with Crippen LogP contribution in [0.3, 0.4) is 0 Å². The largest absolute Gasteiger partial charge is 0.508 e. The van der Waals surface area contributed by atoms with Crippen molar-refractivity contribution in [2.24, 2.45) is 0 Å². The Morgan fingerprint density at radius 3 is 2.75 bits per heavy atom. The second kappa shape index (κ2) is 3.96. The maximum Gasteiger partial charge on any atom is 0.115 e. The molecule has 64 valence electrons. The summed E-state index contributed by atoms with van der Waals surface area (Å²) >= 11 is 0. The summed E-state index contributed by atoms with van der Waals surface area (Å²) in [6.07, 6.45) is 5.09. The van der Waals surface area contributed by atoms with Gasteiger partial charge in [-0.3, -0.25) is 0 Å². The van der Waals surface area contributed by atoms with Gasteiger partial charge >= 0.3 is 0 Å². The summed E-state index contributed by atoms with van der Waals surface area (Å²) in [6.45, 7) is 4.02. The highest BCUT2D eigenvalue weighted by Gasteiger charge is 1.96. The van der Waals surface area contributed by atoms with E-state index in [0.29, 0.717) is 5.75 Å². The fourth-order valence-electron chi connectivity index (χ4n) is 1.15. The van der Waals surface area contributed by atoms with Gasteiger partial charge in [0.05, 0.1) is 0 Å². The average Bonchev–Trinajstić information content (AvgIpc) is 2.03. The van der Waals surface area contributed by atoms with E-state index in [9.17, 15) is 0 Å². The molecule has 0 aromatic heterocycles. The number of rotatable bonds is 2. The van der Waals surface area contributed by atoms with Crippen molar-refractivity contribution in [1.29, 1.82) is 0 Å². The van der Waals surface area contributed by atoms with Crippen LogP contribution < -0.4 is 0 Å². The number of aromatic hydroxyl groups is 1. The molecule has 0 amide bonds. The van der Waals surface area contributed by atoms with Crippen LogP contribution in [0.1, 0.15) is 18.1 Å². The molecule has 1 rings (SSSR count).